The minimum Gasteiger partial charge on any atom is -0.496 e. The van der Waals surface area contributed by atoms with Crippen LogP contribution in [-0.2, 0) is 0 Å². The third-order valence-corrected chi connectivity index (χ3v) is 4.04. The van der Waals surface area contributed by atoms with Gasteiger partial charge in [0.15, 0.2) is 0 Å². The van der Waals surface area contributed by atoms with Crippen LogP contribution in [0.3, 0.4) is 0 Å². The number of ether oxygens (including phenoxy) is 1. The van der Waals surface area contributed by atoms with Gasteiger partial charge in [0, 0.05) is 19.0 Å². The number of piperidine rings is 1. The molecule has 2 N–H and O–H groups in total. The largest absolute Gasteiger partial charge is 0.496 e. The van der Waals surface area contributed by atoms with Crippen LogP contribution in [0.2, 0.25) is 0 Å². The van der Waals surface area contributed by atoms with Crippen molar-refractivity contribution < 1.29 is 4.74 Å². The summed E-state index contributed by atoms with van der Waals surface area (Å²) in [6.45, 7) is 6.28. The summed E-state index contributed by atoms with van der Waals surface area (Å²) < 4.78 is 5.50. The van der Waals surface area contributed by atoms with Gasteiger partial charge < -0.3 is 15.4 Å². The lowest BCUT2D eigenvalue weighted by atomic mass is 9.95. The Morgan fingerprint density at radius 2 is 2.00 bits per heavy atom. The highest BCUT2D eigenvalue weighted by Gasteiger charge is 2.19. The molecule has 3 nitrogen and oxygen atoms in total. The zero-order valence-electron chi connectivity index (χ0n) is 12.2. The van der Waals surface area contributed by atoms with Crippen LogP contribution < -0.4 is 10.5 Å². The Bertz CT molecular complexity index is 400. The number of hydrogen-bond acceptors (Lipinski definition) is 3. The van der Waals surface area contributed by atoms with E-state index in [9.17, 15) is 0 Å². The first-order valence-electron chi connectivity index (χ1n) is 7.31. The average molecular weight is 262 g/mol. The zero-order valence-corrected chi connectivity index (χ0v) is 12.2. The molecule has 0 amide bonds. The first kappa shape index (κ1) is 14.4. The SMILES string of the molecule is COc1ccc(C)cc1C(CN)CN1CCCCC1. The van der Waals surface area contributed by atoms with E-state index in [-0.39, 0.29) is 0 Å². The van der Waals surface area contributed by atoms with Crippen molar-refractivity contribution in [3.63, 3.8) is 0 Å². The molecule has 19 heavy (non-hydrogen) atoms. The predicted octanol–water partition coefficient (Wildman–Crippen LogP) is 2.53. The monoisotopic (exact) mass is 262 g/mol. The van der Waals surface area contributed by atoms with E-state index in [1.165, 1.54) is 43.5 Å². The van der Waals surface area contributed by atoms with E-state index < -0.39 is 0 Å². The van der Waals surface area contributed by atoms with Gasteiger partial charge in [-0.1, -0.05) is 24.1 Å². The Morgan fingerprint density at radius 1 is 1.26 bits per heavy atom. The molecule has 1 unspecified atom stereocenters. The molecule has 2 rings (SSSR count). The lowest BCUT2D eigenvalue weighted by Crippen LogP contribution is -2.35. The summed E-state index contributed by atoms with van der Waals surface area (Å²) >= 11 is 0. The number of aryl methyl sites for hydroxylation is 1. The van der Waals surface area contributed by atoms with Crippen molar-refractivity contribution in [2.75, 3.05) is 33.3 Å². The van der Waals surface area contributed by atoms with Gasteiger partial charge in [-0.05, 0) is 44.5 Å². The summed E-state index contributed by atoms with van der Waals surface area (Å²) in [5.74, 6) is 1.34. The Hall–Kier alpha value is -1.06. The Morgan fingerprint density at radius 3 is 2.63 bits per heavy atom. The molecule has 1 heterocycles. The second-order valence-electron chi connectivity index (χ2n) is 5.54. The Kier molecular flexibility index (Phi) is 5.23. The van der Waals surface area contributed by atoms with Crippen LogP contribution in [0.1, 0.15) is 36.3 Å². The van der Waals surface area contributed by atoms with Crippen molar-refractivity contribution >= 4 is 0 Å². The second kappa shape index (κ2) is 6.92. The molecule has 1 aromatic carbocycles. The van der Waals surface area contributed by atoms with Gasteiger partial charge in [-0.15, -0.1) is 0 Å². The van der Waals surface area contributed by atoms with Gasteiger partial charge in [0.05, 0.1) is 7.11 Å². The fourth-order valence-corrected chi connectivity index (χ4v) is 2.93. The van der Waals surface area contributed by atoms with Gasteiger partial charge in [0.2, 0.25) is 0 Å². The van der Waals surface area contributed by atoms with Crippen LogP contribution in [0, 0.1) is 6.92 Å². The van der Waals surface area contributed by atoms with Gasteiger partial charge in [-0.25, -0.2) is 0 Å². The van der Waals surface area contributed by atoms with Gasteiger partial charge >= 0.3 is 0 Å². The molecule has 0 aromatic heterocycles. The smallest absolute Gasteiger partial charge is 0.122 e. The number of rotatable bonds is 5. The number of methoxy groups -OCH3 is 1. The van der Waals surface area contributed by atoms with Gasteiger partial charge in [-0.2, -0.15) is 0 Å². The third kappa shape index (κ3) is 3.71. The van der Waals surface area contributed by atoms with E-state index in [4.69, 9.17) is 10.5 Å². The molecule has 0 aliphatic carbocycles. The fraction of sp³-hybridized carbons (Fsp3) is 0.625. The Labute approximate surface area is 116 Å². The van der Waals surface area contributed by atoms with Crippen molar-refractivity contribution in [3.05, 3.63) is 29.3 Å². The standard InChI is InChI=1S/C16H26N2O/c1-13-6-7-16(19-2)15(10-13)14(11-17)12-18-8-4-3-5-9-18/h6-7,10,14H,3-5,8-9,11-12,17H2,1-2H3. The summed E-state index contributed by atoms with van der Waals surface area (Å²) in [6, 6.07) is 6.38. The maximum atomic E-state index is 6.01. The molecule has 1 fully saturated rings. The van der Waals surface area contributed by atoms with Crippen LogP contribution in [-0.4, -0.2) is 38.2 Å². The van der Waals surface area contributed by atoms with E-state index in [2.05, 4.69) is 30.0 Å². The molecule has 1 atom stereocenters. The maximum Gasteiger partial charge on any atom is 0.122 e. The molecule has 0 saturated carbocycles. The van der Waals surface area contributed by atoms with Crippen molar-refractivity contribution in [3.8, 4) is 5.75 Å². The van der Waals surface area contributed by atoms with E-state index in [0.29, 0.717) is 12.5 Å². The van der Waals surface area contributed by atoms with Gasteiger partial charge in [0.25, 0.3) is 0 Å². The molecule has 1 saturated heterocycles. The topological polar surface area (TPSA) is 38.5 Å². The number of hydrogen-bond donors (Lipinski definition) is 1. The van der Waals surface area contributed by atoms with Crippen molar-refractivity contribution in [2.24, 2.45) is 5.73 Å². The van der Waals surface area contributed by atoms with Crippen LogP contribution in [0.4, 0.5) is 0 Å². The summed E-state index contributed by atoms with van der Waals surface area (Å²) in [5.41, 5.74) is 8.54. The summed E-state index contributed by atoms with van der Waals surface area (Å²) in [5, 5.41) is 0. The molecule has 3 heteroatoms. The number of nitrogens with zero attached hydrogens (tertiary/aromatic N) is 1. The lowest BCUT2D eigenvalue weighted by Gasteiger charge is -2.30. The normalized spacial score (nSPS) is 18.3. The quantitative estimate of drug-likeness (QED) is 0.886. The van der Waals surface area contributed by atoms with Crippen LogP contribution in [0.5, 0.6) is 5.75 Å². The first-order chi connectivity index (χ1) is 9.24. The second-order valence-corrected chi connectivity index (χ2v) is 5.54. The number of likely N-dealkylation sites (tertiary alicyclic amines) is 1. The van der Waals surface area contributed by atoms with Crippen LogP contribution in [0.15, 0.2) is 18.2 Å². The van der Waals surface area contributed by atoms with Crippen molar-refractivity contribution in [1.82, 2.24) is 4.90 Å². The van der Waals surface area contributed by atoms with Crippen molar-refractivity contribution in [1.29, 1.82) is 0 Å². The zero-order chi connectivity index (χ0) is 13.7. The summed E-state index contributed by atoms with van der Waals surface area (Å²) in [4.78, 5) is 2.54. The van der Waals surface area contributed by atoms with Gasteiger partial charge in [0.1, 0.15) is 5.75 Å². The maximum absolute atomic E-state index is 6.01. The molecule has 0 radical (unpaired) electrons. The molecule has 106 valence electrons. The van der Waals surface area contributed by atoms with Crippen LogP contribution >= 0.6 is 0 Å². The molecular formula is C16H26N2O. The Balaban J connectivity index is 2.13. The van der Waals surface area contributed by atoms with E-state index in [1.54, 1.807) is 7.11 Å². The number of nitrogens with two attached hydrogens (primary N) is 1. The minimum absolute atomic E-state index is 0.368. The third-order valence-electron chi connectivity index (χ3n) is 4.04. The minimum atomic E-state index is 0.368. The first-order valence-corrected chi connectivity index (χ1v) is 7.31. The highest BCUT2D eigenvalue weighted by Crippen LogP contribution is 2.28. The van der Waals surface area contributed by atoms with Gasteiger partial charge in [-0.3, -0.25) is 0 Å². The summed E-state index contributed by atoms with van der Waals surface area (Å²) in [7, 11) is 1.74. The molecule has 1 aliphatic rings. The molecular weight excluding hydrogens is 236 g/mol. The van der Waals surface area contributed by atoms with E-state index >= 15 is 0 Å². The van der Waals surface area contributed by atoms with E-state index in [0.717, 1.165) is 12.3 Å². The molecule has 0 spiro atoms. The van der Waals surface area contributed by atoms with Crippen LogP contribution in [0.25, 0.3) is 0 Å². The molecule has 0 bridgehead atoms. The lowest BCUT2D eigenvalue weighted by molar-refractivity contribution is 0.215. The summed E-state index contributed by atoms with van der Waals surface area (Å²) in [6.07, 6.45) is 4.02. The fourth-order valence-electron chi connectivity index (χ4n) is 2.93. The van der Waals surface area contributed by atoms with Crippen molar-refractivity contribution in [2.45, 2.75) is 32.1 Å². The highest BCUT2D eigenvalue weighted by molar-refractivity contribution is 5.39. The highest BCUT2D eigenvalue weighted by atomic mass is 16.5. The predicted molar refractivity (Wildman–Crippen MR) is 79.8 cm³/mol. The molecule has 1 aromatic rings. The molecule has 1 aliphatic heterocycles. The average Bonchev–Trinajstić information content (AvgIpc) is 2.46. The van der Waals surface area contributed by atoms with E-state index in [1.807, 2.05) is 0 Å². The number of benzene rings is 1.